The van der Waals surface area contributed by atoms with Crippen molar-refractivity contribution in [2.75, 3.05) is 6.61 Å². The zero-order valence-electron chi connectivity index (χ0n) is 15.4. The van der Waals surface area contributed by atoms with Gasteiger partial charge in [0.25, 0.3) is 0 Å². The van der Waals surface area contributed by atoms with Crippen molar-refractivity contribution in [2.24, 2.45) is 23.2 Å². The van der Waals surface area contributed by atoms with Crippen LogP contribution in [0.1, 0.15) is 34.1 Å². The van der Waals surface area contributed by atoms with Gasteiger partial charge in [-0.3, -0.25) is 9.59 Å². The van der Waals surface area contributed by atoms with E-state index >= 15 is 0 Å². The van der Waals surface area contributed by atoms with Crippen molar-refractivity contribution < 1.29 is 33.7 Å². The zero-order chi connectivity index (χ0) is 19.1. The molecule has 2 saturated heterocycles. The van der Waals surface area contributed by atoms with Crippen LogP contribution in [0.3, 0.4) is 0 Å². The fourth-order valence-corrected chi connectivity index (χ4v) is 4.84. The SMILES string of the molecule is C[C@@H]1C(=O)O[C@@H]2[C@@H]1[C@@H](OC(=O)C1(C)CO1)C[C@H](C)[C@]1(O)C=CC(=O)[C@@]21C. The highest BCUT2D eigenvalue weighted by Gasteiger charge is 2.69. The number of allylic oxidation sites excluding steroid dienone is 1. The first kappa shape index (κ1) is 17.7. The number of esters is 2. The fourth-order valence-electron chi connectivity index (χ4n) is 4.84. The largest absolute Gasteiger partial charge is 0.460 e. The normalized spacial score (nSPS) is 52.1. The summed E-state index contributed by atoms with van der Waals surface area (Å²) in [7, 11) is 0. The number of hydrogen-bond acceptors (Lipinski definition) is 7. The van der Waals surface area contributed by atoms with E-state index in [9.17, 15) is 19.5 Å². The average molecular weight is 364 g/mol. The molecule has 142 valence electrons. The van der Waals surface area contributed by atoms with Crippen molar-refractivity contribution in [2.45, 2.75) is 57.5 Å². The first-order valence-electron chi connectivity index (χ1n) is 9.06. The van der Waals surface area contributed by atoms with E-state index < -0.39 is 52.6 Å². The molecule has 2 aliphatic carbocycles. The number of rotatable bonds is 2. The van der Waals surface area contributed by atoms with Crippen molar-refractivity contribution in [1.82, 2.24) is 0 Å². The second kappa shape index (κ2) is 5.16. The van der Waals surface area contributed by atoms with Gasteiger partial charge in [-0.15, -0.1) is 0 Å². The Morgan fingerprint density at radius 2 is 1.96 bits per heavy atom. The van der Waals surface area contributed by atoms with Crippen LogP contribution < -0.4 is 0 Å². The summed E-state index contributed by atoms with van der Waals surface area (Å²) in [5.74, 6) is -2.59. The van der Waals surface area contributed by atoms with Crippen LogP contribution in [-0.2, 0) is 28.6 Å². The molecule has 1 N–H and O–H groups in total. The molecule has 2 aliphatic heterocycles. The zero-order valence-corrected chi connectivity index (χ0v) is 15.4. The highest BCUT2D eigenvalue weighted by atomic mass is 16.6. The van der Waals surface area contributed by atoms with Crippen molar-refractivity contribution in [3.63, 3.8) is 0 Å². The molecular formula is C19H24O7. The molecule has 1 saturated carbocycles. The first-order valence-corrected chi connectivity index (χ1v) is 9.06. The number of ether oxygens (including phenoxy) is 3. The lowest BCUT2D eigenvalue weighted by atomic mass is 9.64. The van der Waals surface area contributed by atoms with Crippen molar-refractivity contribution in [1.29, 1.82) is 0 Å². The maximum Gasteiger partial charge on any atom is 0.340 e. The Balaban J connectivity index is 1.76. The lowest BCUT2D eigenvalue weighted by Crippen LogP contribution is -2.57. The summed E-state index contributed by atoms with van der Waals surface area (Å²) >= 11 is 0. The van der Waals surface area contributed by atoms with Gasteiger partial charge >= 0.3 is 11.9 Å². The third kappa shape index (κ3) is 2.04. The monoisotopic (exact) mass is 364 g/mol. The van der Waals surface area contributed by atoms with E-state index in [1.807, 2.05) is 6.92 Å². The standard InChI is InChI=1S/C19H24O7/c1-9-7-11(25-16(22)17(3)8-24-17)13-10(2)15(21)26-14(13)18(4)12(20)5-6-19(9,18)23/h5-6,9-11,13-14,23H,7-8H2,1-4H3/t9-,10-,11-,13-,14+,17?,18-,19+/m0/s1. The van der Waals surface area contributed by atoms with E-state index in [2.05, 4.69) is 0 Å². The predicted molar refractivity (Wildman–Crippen MR) is 87.8 cm³/mol. The molecule has 4 rings (SSSR count). The molecule has 7 heteroatoms. The second-order valence-corrected chi connectivity index (χ2v) is 8.55. The van der Waals surface area contributed by atoms with Gasteiger partial charge in [-0.1, -0.05) is 13.8 Å². The third-order valence-electron chi connectivity index (χ3n) is 6.98. The molecule has 3 fully saturated rings. The van der Waals surface area contributed by atoms with Crippen molar-refractivity contribution >= 4 is 17.7 Å². The number of fused-ring (bicyclic) bond motifs is 3. The lowest BCUT2D eigenvalue weighted by molar-refractivity contribution is -0.167. The Kier molecular flexibility index (Phi) is 3.51. The van der Waals surface area contributed by atoms with Gasteiger partial charge in [-0.05, 0) is 38.3 Å². The maximum atomic E-state index is 12.7. The molecule has 4 aliphatic rings. The van der Waals surface area contributed by atoms with E-state index in [1.165, 1.54) is 12.2 Å². The van der Waals surface area contributed by atoms with Gasteiger partial charge in [0.2, 0.25) is 0 Å². The Morgan fingerprint density at radius 1 is 1.31 bits per heavy atom. The molecule has 0 aromatic heterocycles. The molecule has 26 heavy (non-hydrogen) atoms. The quantitative estimate of drug-likeness (QED) is 0.570. The molecule has 0 spiro atoms. The summed E-state index contributed by atoms with van der Waals surface area (Å²) in [6.45, 7) is 7.14. The van der Waals surface area contributed by atoms with Crippen LogP contribution in [0, 0.1) is 23.2 Å². The molecule has 0 amide bonds. The highest BCUT2D eigenvalue weighted by Crippen LogP contribution is 2.57. The topological polar surface area (TPSA) is 102 Å². The Bertz CT molecular complexity index is 723. The Labute approximate surface area is 151 Å². The summed E-state index contributed by atoms with van der Waals surface area (Å²) in [6.07, 6.45) is 1.71. The molecule has 0 aromatic carbocycles. The highest BCUT2D eigenvalue weighted by molar-refractivity contribution is 6.00. The van der Waals surface area contributed by atoms with E-state index in [0.717, 1.165) is 0 Å². The van der Waals surface area contributed by atoms with Crippen LogP contribution in [0.4, 0.5) is 0 Å². The van der Waals surface area contributed by atoms with Gasteiger partial charge in [-0.25, -0.2) is 4.79 Å². The minimum Gasteiger partial charge on any atom is -0.460 e. The molecule has 8 atom stereocenters. The fraction of sp³-hybridized carbons (Fsp3) is 0.737. The predicted octanol–water partition coefficient (Wildman–Crippen LogP) is 0.781. The third-order valence-corrected chi connectivity index (χ3v) is 6.98. The first-order chi connectivity index (χ1) is 12.0. The average Bonchev–Trinajstić information content (AvgIpc) is 3.22. The minimum atomic E-state index is -1.46. The minimum absolute atomic E-state index is 0.270. The van der Waals surface area contributed by atoms with E-state index in [0.29, 0.717) is 13.0 Å². The second-order valence-electron chi connectivity index (χ2n) is 8.55. The molecule has 2 heterocycles. The van der Waals surface area contributed by atoms with Gasteiger partial charge in [0.05, 0.1) is 17.9 Å². The summed E-state index contributed by atoms with van der Waals surface area (Å²) < 4.78 is 16.5. The van der Waals surface area contributed by atoms with E-state index in [1.54, 1.807) is 20.8 Å². The Morgan fingerprint density at radius 3 is 2.58 bits per heavy atom. The Hall–Kier alpha value is -1.73. The van der Waals surface area contributed by atoms with Crippen molar-refractivity contribution in [3.05, 3.63) is 12.2 Å². The summed E-state index contributed by atoms with van der Waals surface area (Å²) in [6, 6.07) is 0. The molecular weight excluding hydrogens is 340 g/mol. The van der Waals surface area contributed by atoms with E-state index in [-0.39, 0.29) is 11.7 Å². The summed E-state index contributed by atoms with van der Waals surface area (Å²) in [4.78, 5) is 37.5. The van der Waals surface area contributed by atoms with Gasteiger partial charge < -0.3 is 19.3 Å². The number of ketones is 1. The molecule has 0 radical (unpaired) electrons. The van der Waals surface area contributed by atoms with Gasteiger partial charge in [-0.2, -0.15) is 0 Å². The number of hydrogen-bond donors (Lipinski definition) is 1. The summed E-state index contributed by atoms with van der Waals surface area (Å²) in [5, 5.41) is 11.4. The molecule has 1 unspecified atom stereocenters. The molecule has 0 bridgehead atoms. The number of carbonyl (C=O) groups is 3. The molecule has 0 aromatic rings. The van der Waals surface area contributed by atoms with Crippen LogP contribution in [0.15, 0.2) is 12.2 Å². The van der Waals surface area contributed by atoms with Crippen LogP contribution in [0.2, 0.25) is 0 Å². The van der Waals surface area contributed by atoms with Crippen molar-refractivity contribution in [3.8, 4) is 0 Å². The van der Waals surface area contributed by atoms with Gasteiger partial charge in [0.15, 0.2) is 11.4 Å². The van der Waals surface area contributed by atoms with E-state index in [4.69, 9.17) is 14.2 Å². The van der Waals surface area contributed by atoms with Crippen LogP contribution in [0.25, 0.3) is 0 Å². The number of epoxide rings is 1. The van der Waals surface area contributed by atoms with Crippen LogP contribution in [-0.4, -0.2) is 52.8 Å². The smallest absolute Gasteiger partial charge is 0.340 e. The molecule has 7 nitrogen and oxygen atoms in total. The van der Waals surface area contributed by atoms with Gasteiger partial charge in [0.1, 0.15) is 17.8 Å². The summed E-state index contributed by atoms with van der Waals surface area (Å²) in [5.41, 5.74) is -3.69. The number of carbonyl (C=O) groups excluding carboxylic acids is 3. The van der Waals surface area contributed by atoms with Crippen LogP contribution >= 0.6 is 0 Å². The van der Waals surface area contributed by atoms with Crippen LogP contribution in [0.5, 0.6) is 0 Å². The lowest BCUT2D eigenvalue weighted by Gasteiger charge is -2.43. The maximum absolute atomic E-state index is 12.7. The van der Waals surface area contributed by atoms with Gasteiger partial charge in [0, 0.05) is 5.92 Å². The number of aliphatic hydroxyl groups is 1.